The number of anilines is 1. The zero-order valence-electron chi connectivity index (χ0n) is 21.4. The van der Waals surface area contributed by atoms with Crippen LogP contribution < -0.4 is 10.2 Å². The lowest BCUT2D eigenvalue weighted by Gasteiger charge is -2.17. The molecule has 39 heavy (non-hydrogen) atoms. The van der Waals surface area contributed by atoms with Crippen molar-refractivity contribution >= 4 is 56.4 Å². The van der Waals surface area contributed by atoms with Gasteiger partial charge in [0.2, 0.25) is 5.91 Å². The summed E-state index contributed by atoms with van der Waals surface area (Å²) in [5, 5.41) is 3.71. The molecule has 3 aromatic heterocycles. The van der Waals surface area contributed by atoms with E-state index in [9.17, 15) is 14.4 Å². The third-order valence-corrected chi connectivity index (χ3v) is 8.87. The van der Waals surface area contributed by atoms with Gasteiger partial charge < -0.3 is 9.64 Å². The molecule has 0 aliphatic carbocycles. The fraction of sp³-hybridized carbons (Fsp3) is 0.250. The summed E-state index contributed by atoms with van der Waals surface area (Å²) >= 11 is 3.05. The smallest absolute Gasteiger partial charge is 0.275 e. The van der Waals surface area contributed by atoms with Crippen LogP contribution in [0.25, 0.3) is 31.4 Å². The molecule has 0 atom stereocenters. The van der Waals surface area contributed by atoms with E-state index in [1.54, 1.807) is 6.92 Å². The lowest BCUT2D eigenvalue weighted by molar-refractivity contribution is -0.135. The maximum absolute atomic E-state index is 12.6. The lowest BCUT2D eigenvalue weighted by Crippen LogP contribution is -2.36. The summed E-state index contributed by atoms with van der Waals surface area (Å²) in [7, 11) is 0. The fourth-order valence-corrected chi connectivity index (χ4v) is 6.57. The van der Waals surface area contributed by atoms with Crippen LogP contribution in [0.15, 0.2) is 53.4 Å². The van der Waals surface area contributed by atoms with Crippen molar-refractivity contribution in [2.24, 2.45) is 0 Å². The fourth-order valence-electron chi connectivity index (χ4n) is 4.73. The Bertz CT molecular complexity index is 1630. The number of carbonyl (C=O) groups is 3. The van der Waals surface area contributed by atoms with E-state index in [4.69, 9.17) is 14.7 Å². The van der Waals surface area contributed by atoms with E-state index in [0.717, 1.165) is 54.8 Å². The third kappa shape index (κ3) is 4.79. The molecule has 3 amide bonds. The molecule has 11 heteroatoms. The normalized spacial score (nSPS) is 15.5. The topological polar surface area (TPSA) is 105 Å². The van der Waals surface area contributed by atoms with Crippen LogP contribution in [0.2, 0.25) is 0 Å². The predicted octanol–water partition coefficient (Wildman–Crippen LogP) is 5.04. The minimum atomic E-state index is -0.431. The third-order valence-electron chi connectivity index (χ3n) is 6.77. The Morgan fingerprint density at radius 2 is 1.90 bits per heavy atom. The van der Waals surface area contributed by atoms with Crippen LogP contribution in [0.1, 0.15) is 25.3 Å². The first-order chi connectivity index (χ1) is 18.9. The monoisotopic (exact) mass is 559 g/mol. The molecule has 198 valence electrons. The number of thiophene rings is 2. The Morgan fingerprint density at radius 1 is 1.08 bits per heavy atom. The number of nitrogens with one attached hydrogen (secondary N) is 1. The van der Waals surface area contributed by atoms with Crippen molar-refractivity contribution in [2.45, 2.75) is 26.7 Å². The number of fused-ring (bicyclic) bond motifs is 1. The summed E-state index contributed by atoms with van der Waals surface area (Å²) < 4.78 is 5.88. The maximum Gasteiger partial charge on any atom is 0.275 e. The molecule has 9 nitrogen and oxygen atoms in total. The first-order valence-corrected chi connectivity index (χ1v) is 14.3. The first kappa shape index (κ1) is 25.2. The van der Waals surface area contributed by atoms with Gasteiger partial charge in [-0.1, -0.05) is 6.07 Å². The predicted molar refractivity (Wildman–Crippen MR) is 151 cm³/mol. The molecule has 0 spiro atoms. The Balaban J connectivity index is 1.30. The number of rotatable bonds is 8. The van der Waals surface area contributed by atoms with Gasteiger partial charge in [0.25, 0.3) is 11.8 Å². The highest BCUT2D eigenvalue weighted by molar-refractivity contribution is 7.22. The second-order valence-electron chi connectivity index (χ2n) is 9.38. The van der Waals surface area contributed by atoms with Crippen molar-refractivity contribution in [1.82, 2.24) is 19.9 Å². The highest BCUT2D eigenvalue weighted by Crippen LogP contribution is 2.42. The number of amides is 3. The highest BCUT2D eigenvalue weighted by atomic mass is 32.1. The number of carbonyl (C=O) groups excluding carboxylic acids is 3. The van der Waals surface area contributed by atoms with Crippen LogP contribution in [0, 0.1) is 6.92 Å². The second kappa shape index (κ2) is 10.2. The van der Waals surface area contributed by atoms with Crippen molar-refractivity contribution in [2.75, 3.05) is 25.1 Å². The van der Waals surface area contributed by atoms with E-state index < -0.39 is 11.8 Å². The molecule has 1 N–H and O–H groups in total. The molecule has 2 aliphatic heterocycles. The number of hydrogen-bond donors (Lipinski definition) is 1. The number of likely N-dealkylation sites (tertiary alicyclic amines) is 1. The number of aryl methyl sites for hydroxylation is 1. The van der Waals surface area contributed by atoms with E-state index in [1.807, 2.05) is 53.6 Å². The summed E-state index contributed by atoms with van der Waals surface area (Å²) in [6.07, 6.45) is 2.85. The van der Waals surface area contributed by atoms with Gasteiger partial charge in [0, 0.05) is 29.5 Å². The Kier molecular flexibility index (Phi) is 6.61. The molecule has 0 radical (unpaired) electrons. The number of imide groups is 1. The molecule has 0 bridgehead atoms. The molecule has 1 saturated heterocycles. The highest BCUT2D eigenvalue weighted by Gasteiger charge is 2.30. The molecule has 1 fully saturated rings. The van der Waals surface area contributed by atoms with Crippen molar-refractivity contribution in [3.8, 4) is 26.9 Å². The number of nitrogens with zero attached hydrogens (tertiary/aromatic N) is 4. The van der Waals surface area contributed by atoms with Crippen LogP contribution in [-0.4, -0.2) is 57.3 Å². The number of hydrazine groups is 1. The van der Waals surface area contributed by atoms with Gasteiger partial charge in [-0.2, -0.15) is 5.01 Å². The van der Waals surface area contributed by atoms with E-state index in [-0.39, 0.29) is 5.91 Å². The van der Waals surface area contributed by atoms with Crippen molar-refractivity contribution in [1.29, 1.82) is 0 Å². The van der Waals surface area contributed by atoms with Gasteiger partial charge in [-0.25, -0.2) is 9.97 Å². The summed E-state index contributed by atoms with van der Waals surface area (Å²) in [5.41, 5.74) is 5.28. The quantitative estimate of drug-likeness (QED) is 0.302. The summed E-state index contributed by atoms with van der Waals surface area (Å²) in [5.74, 6) is 1.03. The molecule has 0 unspecified atom stereocenters. The van der Waals surface area contributed by atoms with Crippen LogP contribution >= 0.6 is 22.7 Å². The summed E-state index contributed by atoms with van der Waals surface area (Å²) in [6.45, 7) is 5.44. The van der Waals surface area contributed by atoms with Gasteiger partial charge >= 0.3 is 0 Å². The van der Waals surface area contributed by atoms with Crippen LogP contribution in [-0.2, 0) is 14.4 Å². The van der Waals surface area contributed by atoms with E-state index >= 15 is 0 Å². The van der Waals surface area contributed by atoms with Crippen molar-refractivity contribution in [3.63, 3.8) is 0 Å². The summed E-state index contributed by atoms with van der Waals surface area (Å²) in [4.78, 5) is 50.9. The van der Waals surface area contributed by atoms with Gasteiger partial charge in [0.05, 0.1) is 16.8 Å². The van der Waals surface area contributed by atoms with Gasteiger partial charge in [0.15, 0.2) is 11.6 Å². The number of aromatic nitrogens is 2. The Labute approximate surface area is 232 Å². The molecule has 4 aromatic rings. The largest absolute Gasteiger partial charge is 0.492 e. The standard InChI is InChI=1S/C28H25N5O4S2/c1-16-15-22(35)33(28(16)36)31-26-23-17(2)24(39-27(23)30-25(29-26)20-5-4-14-38-20)18-7-9-19(10-8-18)37-13-12-32-11-3-6-21(32)34/h4-5,7-10,14-15H,3,6,11-13H2,1-2H3,(H,29,30,31). The van der Waals surface area contributed by atoms with E-state index in [0.29, 0.717) is 36.8 Å². The zero-order valence-corrected chi connectivity index (χ0v) is 23.0. The average Bonchev–Trinajstić information content (AvgIpc) is 3.71. The molecular formula is C28H25N5O4S2. The van der Waals surface area contributed by atoms with Crippen LogP contribution in [0.5, 0.6) is 5.75 Å². The van der Waals surface area contributed by atoms with Crippen molar-refractivity contribution < 1.29 is 19.1 Å². The average molecular weight is 560 g/mol. The van der Waals surface area contributed by atoms with E-state index in [1.165, 1.54) is 28.7 Å². The lowest BCUT2D eigenvalue weighted by atomic mass is 10.1. The minimum absolute atomic E-state index is 0.193. The molecular weight excluding hydrogens is 534 g/mol. The van der Waals surface area contributed by atoms with Crippen LogP contribution in [0.3, 0.4) is 0 Å². The van der Waals surface area contributed by atoms with Gasteiger partial charge in [-0.3, -0.25) is 19.8 Å². The second-order valence-corrected chi connectivity index (χ2v) is 11.3. The van der Waals surface area contributed by atoms with Gasteiger partial charge in [0.1, 0.15) is 17.2 Å². The zero-order chi connectivity index (χ0) is 27.1. The SMILES string of the molecule is CC1=CC(=O)N(Nc2nc(-c3cccs3)nc3sc(-c4ccc(OCCN5CCCC5=O)cc4)c(C)c23)C1=O. The van der Waals surface area contributed by atoms with Crippen LogP contribution in [0.4, 0.5) is 5.82 Å². The number of hydrogen-bond acceptors (Lipinski definition) is 9. The Morgan fingerprint density at radius 3 is 2.56 bits per heavy atom. The van der Waals surface area contributed by atoms with Crippen molar-refractivity contribution in [3.05, 3.63) is 59.0 Å². The van der Waals surface area contributed by atoms with Gasteiger partial charge in [-0.05, 0) is 67.1 Å². The molecule has 1 aromatic carbocycles. The molecule has 6 rings (SSSR count). The number of ether oxygens (including phenoxy) is 1. The minimum Gasteiger partial charge on any atom is -0.492 e. The van der Waals surface area contributed by atoms with Gasteiger partial charge in [-0.15, -0.1) is 22.7 Å². The number of benzene rings is 1. The summed E-state index contributed by atoms with van der Waals surface area (Å²) in [6, 6.07) is 11.7. The maximum atomic E-state index is 12.6. The van der Waals surface area contributed by atoms with E-state index in [2.05, 4.69) is 5.43 Å². The molecule has 0 saturated carbocycles. The Hall–Kier alpha value is -4.09. The molecule has 2 aliphatic rings. The first-order valence-electron chi connectivity index (χ1n) is 12.6. The molecule has 5 heterocycles.